The van der Waals surface area contributed by atoms with Gasteiger partial charge in [0, 0.05) is 12.1 Å². The van der Waals surface area contributed by atoms with E-state index in [9.17, 15) is 0 Å². The molecule has 1 aromatic heterocycles. The standard InChI is InChI=1S/C12H14ClN5O2/c1-2-18-11(15-7-16-18)6-20-10-4-3-8(5-9(10)13)12(14)17-19/h3-5,7,19H,2,6H2,1H3,(H2,14,17). The molecule has 7 nitrogen and oxygen atoms in total. The number of amidine groups is 1. The predicted molar refractivity (Wildman–Crippen MR) is 74.0 cm³/mol. The molecule has 8 heteroatoms. The molecule has 2 rings (SSSR count). The Labute approximate surface area is 120 Å². The van der Waals surface area contributed by atoms with Gasteiger partial charge in [-0.3, -0.25) is 0 Å². The number of halogens is 1. The van der Waals surface area contributed by atoms with Crippen molar-refractivity contribution in [2.75, 3.05) is 0 Å². The van der Waals surface area contributed by atoms with E-state index in [0.29, 0.717) is 22.2 Å². The number of hydrogen-bond acceptors (Lipinski definition) is 5. The highest BCUT2D eigenvalue weighted by atomic mass is 35.5. The van der Waals surface area contributed by atoms with Crippen molar-refractivity contribution < 1.29 is 9.94 Å². The van der Waals surface area contributed by atoms with Gasteiger partial charge in [-0.1, -0.05) is 16.8 Å². The van der Waals surface area contributed by atoms with E-state index in [1.54, 1.807) is 22.9 Å². The maximum Gasteiger partial charge on any atom is 0.170 e. The van der Waals surface area contributed by atoms with E-state index in [-0.39, 0.29) is 12.4 Å². The van der Waals surface area contributed by atoms with Gasteiger partial charge in [0.1, 0.15) is 18.7 Å². The lowest BCUT2D eigenvalue weighted by molar-refractivity contribution is 0.287. The van der Waals surface area contributed by atoms with Crippen molar-refractivity contribution in [3.63, 3.8) is 0 Å². The molecule has 0 unspecified atom stereocenters. The minimum Gasteiger partial charge on any atom is -0.484 e. The fourth-order valence-electron chi connectivity index (χ4n) is 1.64. The Hall–Kier alpha value is -2.28. The molecule has 1 heterocycles. The van der Waals surface area contributed by atoms with Crippen LogP contribution in [0.1, 0.15) is 18.3 Å². The summed E-state index contributed by atoms with van der Waals surface area (Å²) in [7, 11) is 0. The summed E-state index contributed by atoms with van der Waals surface area (Å²) < 4.78 is 7.33. The molecule has 0 fully saturated rings. The Bertz CT molecular complexity index is 626. The van der Waals surface area contributed by atoms with Crippen LogP contribution in [0, 0.1) is 0 Å². The summed E-state index contributed by atoms with van der Waals surface area (Å²) in [5.74, 6) is 1.19. The molecular formula is C12H14ClN5O2. The van der Waals surface area contributed by atoms with Gasteiger partial charge >= 0.3 is 0 Å². The first-order valence-electron chi connectivity index (χ1n) is 5.92. The molecule has 20 heavy (non-hydrogen) atoms. The third kappa shape index (κ3) is 3.00. The second-order valence-corrected chi connectivity index (χ2v) is 4.32. The fourth-order valence-corrected chi connectivity index (χ4v) is 1.88. The van der Waals surface area contributed by atoms with E-state index >= 15 is 0 Å². The molecule has 0 saturated heterocycles. The monoisotopic (exact) mass is 295 g/mol. The van der Waals surface area contributed by atoms with E-state index in [1.165, 1.54) is 6.33 Å². The van der Waals surface area contributed by atoms with Crippen LogP contribution in [0.2, 0.25) is 5.02 Å². The Morgan fingerprint density at radius 3 is 3.00 bits per heavy atom. The number of nitrogens with two attached hydrogens (primary N) is 1. The summed E-state index contributed by atoms with van der Waals surface area (Å²) in [4.78, 5) is 4.10. The Morgan fingerprint density at radius 1 is 1.55 bits per heavy atom. The number of benzene rings is 1. The lowest BCUT2D eigenvalue weighted by Gasteiger charge is -2.09. The molecule has 0 amide bonds. The second-order valence-electron chi connectivity index (χ2n) is 3.91. The minimum absolute atomic E-state index is 0.0100. The molecule has 2 aromatic rings. The van der Waals surface area contributed by atoms with Crippen LogP contribution in [0.5, 0.6) is 5.75 Å². The van der Waals surface area contributed by atoms with Crippen LogP contribution in [0.15, 0.2) is 29.7 Å². The average Bonchev–Trinajstić information content (AvgIpc) is 2.92. The summed E-state index contributed by atoms with van der Waals surface area (Å²) in [6, 6.07) is 4.87. The van der Waals surface area contributed by atoms with Crippen molar-refractivity contribution in [2.45, 2.75) is 20.1 Å². The maximum atomic E-state index is 8.61. The summed E-state index contributed by atoms with van der Waals surface area (Å²) >= 11 is 6.08. The van der Waals surface area contributed by atoms with E-state index in [1.807, 2.05) is 6.92 Å². The van der Waals surface area contributed by atoms with Gasteiger partial charge in [0.25, 0.3) is 0 Å². The normalized spacial score (nSPS) is 11.6. The van der Waals surface area contributed by atoms with Crippen LogP contribution in [-0.4, -0.2) is 25.8 Å². The van der Waals surface area contributed by atoms with Crippen molar-refractivity contribution >= 4 is 17.4 Å². The molecule has 0 radical (unpaired) electrons. The SMILES string of the molecule is CCn1ncnc1COc1ccc(C(N)=NO)cc1Cl. The topological polar surface area (TPSA) is 98.5 Å². The highest BCUT2D eigenvalue weighted by Gasteiger charge is 2.08. The predicted octanol–water partition coefficient (Wildman–Crippen LogP) is 1.62. The smallest absolute Gasteiger partial charge is 0.170 e. The zero-order chi connectivity index (χ0) is 14.5. The van der Waals surface area contributed by atoms with Crippen molar-refractivity contribution in [1.29, 1.82) is 0 Å². The largest absolute Gasteiger partial charge is 0.484 e. The molecule has 0 saturated carbocycles. The Morgan fingerprint density at radius 2 is 2.35 bits per heavy atom. The summed E-state index contributed by atoms with van der Waals surface area (Å²) in [6.45, 7) is 2.95. The van der Waals surface area contributed by atoms with Crippen LogP contribution in [0.3, 0.4) is 0 Å². The van der Waals surface area contributed by atoms with Crippen molar-refractivity contribution in [2.24, 2.45) is 10.9 Å². The maximum absolute atomic E-state index is 8.61. The lowest BCUT2D eigenvalue weighted by Crippen LogP contribution is -2.13. The molecule has 0 atom stereocenters. The number of hydrogen-bond donors (Lipinski definition) is 2. The Balaban J connectivity index is 2.11. The zero-order valence-corrected chi connectivity index (χ0v) is 11.6. The molecule has 3 N–H and O–H groups in total. The number of nitrogens with zero attached hydrogens (tertiary/aromatic N) is 4. The van der Waals surface area contributed by atoms with Gasteiger partial charge in [-0.05, 0) is 25.1 Å². The third-order valence-electron chi connectivity index (χ3n) is 2.69. The van der Waals surface area contributed by atoms with Crippen LogP contribution >= 0.6 is 11.6 Å². The molecule has 0 aliphatic carbocycles. The quantitative estimate of drug-likeness (QED) is 0.378. The van der Waals surface area contributed by atoms with Crippen molar-refractivity contribution in [3.8, 4) is 5.75 Å². The zero-order valence-electron chi connectivity index (χ0n) is 10.8. The first-order valence-corrected chi connectivity index (χ1v) is 6.30. The fraction of sp³-hybridized carbons (Fsp3) is 0.250. The molecule has 0 aliphatic heterocycles. The summed E-state index contributed by atoms with van der Waals surface area (Å²) in [6.07, 6.45) is 1.48. The highest BCUT2D eigenvalue weighted by molar-refractivity contribution is 6.32. The first-order chi connectivity index (χ1) is 9.65. The van der Waals surface area contributed by atoms with Crippen molar-refractivity contribution in [3.05, 3.63) is 40.9 Å². The summed E-state index contributed by atoms with van der Waals surface area (Å²) in [5, 5.41) is 15.9. The number of aromatic nitrogens is 3. The van der Waals surface area contributed by atoms with Gasteiger partial charge in [0.15, 0.2) is 11.7 Å². The Kier molecular flexibility index (Phi) is 4.41. The molecule has 0 spiro atoms. The first kappa shape index (κ1) is 14.1. The second kappa shape index (κ2) is 6.25. The molecule has 1 aromatic carbocycles. The van der Waals surface area contributed by atoms with Crippen LogP contribution in [0.25, 0.3) is 0 Å². The average molecular weight is 296 g/mol. The third-order valence-corrected chi connectivity index (χ3v) is 2.98. The van der Waals surface area contributed by atoms with Gasteiger partial charge in [0.2, 0.25) is 0 Å². The highest BCUT2D eigenvalue weighted by Crippen LogP contribution is 2.26. The number of oxime groups is 1. The number of ether oxygens (including phenoxy) is 1. The molecule has 0 aliphatic rings. The van der Waals surface area contributed by atoms with Gasteiger partial charge in [0.05, 0.1) is 5.02 Å². The van der Waals surface area contributed by atoms with E-state index in [4.69, 9.17) is 27.3 Å². The number of aryl methyl sites for hydroxylation is 1. The number of rotatable bonds is 5. The van der Waals surface area contributed by atoms with E-state index in [2.05, 4.69) is 15.2 Å². The van der Waals surface area contributed by atoms with Gasteiger partial charge in [-0.2, -0.15) is 5.10 Å². The van der Waals surface area contributed by atoms with Crippen LogP contribution < -0.4 is 10.5 Å². The van der Waals surface area contributed by atoms with E-state index < -0.39 is 0 Å². The minimum atomic E-state index is -0.0100. The molecular weight excluding hydrogens is 282 g/mol. The van der Waals surface area contributed by atoms with E-state index in [0.717, 1.165) is 6.54 Å². The lowest BCUT2D eigenvalue weighted by atomic mass is 10.2. The van der Waals surface area contributed by atoms with Gasteiger partial charge < -0.3 is 15.7 Å². The van der Waals surface area contributed by atoms with Gasteiger partial charge in [-0.25, -0.2) is 9.67 Å². The molecule has 106 valence electrons. The van der Waals surface area contributed by atoms with Crippen LogP contribution in [0.4, 0.5) is 0 Å². The van der Waals surface area contributed by atoms with Gasteiger partial charge in [-0.15, -0.1) is 0 Å². The molecule has 0 bridgehead atoms. The van der Waals surface area contributed by atoms with Crippen LogP contribution in [-0.2, 0) is 13.2 Å². The van der Waals surface area contributed by atoms with Crippen molar-refractivity contribution in [1.82, 2.24) is 14.8 Å². The summed E-state index contributed by atoms with van der Waals surface area (Å²) in [5.41, 5.74) is 6.00.